The molecule has 0 saturated heterocycles. The molecule has 0 aliphatic carbocycles. The fourth-order valence-corrected chi connectivity index (χ4v) is 2.13. The highest BCUT2D eigenvalue weighted by Gasteiger charge is 2.18. The molecule has 6 nitrogen and oxygen atoms in total. The molecule has 0 saturated carbocycles. The monoisotopic (exact) mass is 293 g/mol. The molecule has 0 aliphatic rings. The highest BCUT2D eigenvalue weighted by atomic mass is 35.5. The van der Waals surface area contributed by atoms with Gasteiger partial charge in [0.1, 0.15) is 34.4 Å². The van der Waals surface area contributed by atoms with E-state index in [2.05, 4.69) is 15.1 Å². The largest absolute Gasteiger partial charge is 0.506 e. The second kappa shape index (κ2) is 4.31. The predicted molar refractivity (Wildman–Crippen MR) is 72.8 cm³/mol. The number of nitrogens with two attached hydrogens (primary N) is 1. The Morgan fingerprint density at radius 1 is 1.35 bits per heavy atom. The van der Waals surface area contributed by atoms with Crippen LogP contribution in [0.5, 0.6) is 5.75 Å². The van der Waals surface area contributed by atoms with Gasteiger partial charge in [-0.25, -0.2) is 19.0 Å². The number of halogens is 2. The Bertz CT molecular complexity index is 809. The van der Waals surface area contributed by atoms with E-state index in [1.54, 1.807) is 7.05 Å². The smallest absolute Gasteiger partial charge is 0.163 e. The second-order valence-electron chi connectivity index (χ2n) is 4.22. The zero-order valence-corrected chi connectivity index (χ0v) is 11.1. The fraction of sp³-hybridized carbons (Fsp3) is 0.0833. The van der Waals surface area contributed by atoms with Crippen LogP contribution in [-0.4, -0.2) is 24.9 Å². The highest BCUT2D eigenvalue weighted by molar-refractivity contribution is 6.32. The lowest BCUT2D eigenvalue weighted by atomic mass is 10.1. The molecule has 102 valence electrons. The van der Waals surface area contributed by atoms with Crippen LogP contribution in [-0.2, 0) is 7.05 Å². The van der Waals surface area contributed by atoms with Gasteiger partial charge < -0.3 is 10.8 Å². The molecule has 3 aromatic rings. The summed E-state index contributed by atoms with van der Waals surface area (Å²) in [5.74, 6) is -0.875. The molecule has 2 heterocycles. The summed E-state index contributed by atoms with van der Waals surface area (Å²) in [5.41, 5.74) is 7.07. The zero-order valence-electron chi connectivity index (χ0n) is 10.3. The number of benzene rings is 1. The molecule has 3 rings (SSSR count). The van der Waals surface area contributed by atoms with E-state index in [1.165, 1.54) is 23.1 Å². The van der Waals surface area contributed by atoms with Gasteiger partial charge in [0, 0.05) is 12.6 Å². The fourth-order valence-electron chi connectivity index (χ4n) is 2.02. The first-order valence-electron chi connectivity index (χ1n) is 5.60. The molecule has 2 aromatic heterocycles. The summed E-state index contributed by atoms with van der Waals surface area (Å²) in [6.45, 7) is 0. The maximum absolute atomic E-state index is 13.6. The van der Waals surface area contributed by atoms with Gasteiger partial charge in [-0.3, -0.25) is 0 Å². The summed E-state index contributed by atoms with van der Waals surface area (Å²) in [6, 6.07) is 2.50. The van der Waals surface area contributed by atoms with Gasteiger partial charge in [0.2, 0.25) is 0 Å². The van der Waals surface area contributed by atoms with Crippen LogP contribution >= 0.6 is 11.6 Å². The average Bonchev–Trinajstić information content (AvgIpc) is 2.75. The minimum atomic E-state index is -0.740. The van der Waals surface area contributed by atoms with Gasteiger partial charge >= 0.3 is 0 Å². The van der Waals surface area contributed by atoms with Crippen molar-refractivity contribution in [1.29, 1.82) is 0 Å². The molecule has 0 aliphatic heterocycles. The molecule has 0 amide bonds. The van der Waals surface area contributed by atoms with Gasteiger partial charge in [-0.05, 0) is 12.1 Å². The van der Waals surface area contributed by atoms with Crippen molar-refractivity contribution in [3.63, 3.8) is 0 Å². The molecule has 0 atom stereocenters. The van der Waals surface area contributed by atoms with Crippen molar-refractivity contribution < 1.29 is 9.50 Å². The van der Waals surface area contributed by atoms with Crippen LogP contribution < -0.4 is 5.73 Å². The molecule has 3 N–H and O–H groups in total. The maximum atomic E-state index is 13.6. The van der Waals surface area contributed by atoms with Crippen LogP contribution in [0.2, 0.25) is 5.02 Å². The second-order valence-corrected chi connectivity index (χ2v) is 4.60. The molecular formula is C12H9ClFN5O. The van der Waals surface area contributed by atoms with Crippen LogP contribution in [0.4, 0.5) is 10.2 Å². The summed E-state index contributed by atoms with van der Waals surface area (Å²) in [5, 5.41) is 14.0. The Labute approximate surface area is 117 Å². The van der Waals surface area contributed by atoms with E-state index in [0.717, 1.165) is 0 Å². The molecule has 0 fully saturated rings. The molecular weight excluding hydrogens is 285 g/mol. The zero-order chi connectivity index (χ0) is 14.4. The number of rotatable bonds is 1. The normalized spacial score (nSPS) is 11.2. The van der Waals surface area contributed by atoms with E-state index in [0.29, 0.717) is 22.3 Å². The van der Waals surface area contributed by atoms with Gasteiger partial charge in [0.25, 0.3) is 0 Å². The SMILES string of the molecule is Cn1nc(-c2cc(O)c(Cl)c(F)c2)c2c(N)ncnc21. The lowest BCUT2D eigenvalue weighted by Crippen LogP contribution is -1.95. The Morgan fingerprint density at radius 2 is 2.10 bits per heavy atom. The Morgan fingerprint density at radius 3 is 2.80 bits per heavy atom. The minimum Gasteiger partial charge on any atom is -0.506 e. The average molecular weight is 294 g/mol. The number of hydrogen-bond donors (Lipinski definition) is 2. The van der Waals surface area contributed by atoms with Gasteiger partial charge in [0.15, 0.2) is 5.65 Å². The van der Waals surface area contributed by atoms with Crippen molar-refractivity contribution in [2.45, 2.75) is 0 Å². The quantitative estimate of drug-likeness (QED) is 0.717. The highest BCUT2D eigenvalue weighted by Crippen LogP contribution is 2.35. The topological polar surface area (TPSA) is 89.8 Å². The molecule has 20 heavy (non-hydrogen) atoms. The Hall–Kier alpha value is -2.41. The van der Waals surface area contributed by atoms with Crippen LogP contribution in [0.1, 0.15) is 0 Å². The van der Waals surface area contributed by atoms with Crippen LogP contribution in [0, 0.1) is 5.82 Å². The van der Waals surface area contributed by atoms with Crippen LogP contribution in [0.25, 0.3) is 22.3 Å². The summed E-state index contributed by atoms with van der Waals surface area (Å²) < 4.78 is 15.2. The predicted octanol–water partition coefficient (Wildman–Crippen LogP) is 2.11. The summed E-state index contributed by atoms with van der Waals surface area (Å²) in [7, 11) is 1.68. The Kier molecular flexibility index (Phi) is 2.72. The van der Waals surface area contributed by atoms with Crippen molar-refractivity contribution in [3.8, 4) is 17.0 Å². The first-order valence-corrected chi connectivity index (χ1v) is 5.98. The van der Waals surface area contributed by atoms with E-state index in [-0.39, 0.29) is 16.6 Å². The van der Waals surface area contributed by atoms with Gasteiger partial charge in [-0.2, -0.15) is 5.10 Å². The molecule has 0 unspecified atom stereocenters. The van der Waals surface area contributed by atoms with Gasteiger partial charge in [-0.15, -0.1) is 0 Å². The van der Waals surface area contributed by atoms with Crippen molar-refractivity contribution in [3.05, 3.63) is 29.3 Å². The number of aromatic hydroxyl groups is 1. The molecule has 0 spiro atoms. The first-order chi connectivity index (χ1) is 9.49. The summed E-state index contributed by atoms with van der Waals surface area (Å²) >= 11 is 5.59. The number of nitrogen functional groups attached to an aromatic ring is 1. The number of aryl methyl sites for hydroxylation is 1. The van der Waals surface area contributed by atoms with E-state index in [1.807, 2.05) is 0 Å². The van der Waals surface area contributed by atoms with Crippen LogP contribution in [0.15, 0.2) is 18.5 Å². The first kappa shape index (κ1) is 12.6. The van der Waals surface area contributed by atoms with Crippen molar-refractivity contribution in [2.24, 2.45) is 7.05 Å². The van der Waals surface area contributed by atoms with Gasteiger partial charge in [0.05, 0.1) is 5.39 Å². The number of aromatic nitrogens is 4. The lowest BCUT2D eigenvalue weighted by molar-refractivity contribution is 0.470. The third kappa shape index (κ3) is 1.75. The Balaban J connectivity index is 2.36. The van der Waals surface area contributed by atoms with Crippen molar-refractivity contribution in [1.82, 2.24) is 19.7 Å². The lowest BCUT2D eigenvalue weighted by Gasteiger charge is -2.03. The molecule has 0 bridgehead atoms. The molecule has 1 aromatic carbocycles. The molecule has 8 heteroatoms. The standard InChI is InChI=1S/C12H9ClFN5O/c1-19-12-8(11(15)16-4-17-12)10(18-19)5-2-6(14)9(13)7(20)3-5/h2-4,20H,1H3,(H2,15,16,17). The number of phenolic OH excluding ortho intramolecular Hbond substituents is 1. The minimum absolute atomic E-state index is 0.230. The maximum Gasteiger partial charge on any atom is 0.163 e. The third-order valence-electron chi connectivity index (χ3n) is 2.93. The van der Waals surface area contributed by atoms with E-state index >= 15 is 0 Å². The summed E-state index contributed by atoms with van der Waals surface area (Å²) in [6.07, 6.45) is 1.32. The van der Waals surface area contributed by atoms with Crippen molar-refractivity contribution >= 4 is 28.5 Å². The van der Waals surface area contributed by atoms with Crippen LogP contribution in [0.3, 0.4) is 0 Å². The van der Waals surface area contributed by atoms with E-state index in [9.17, 15) is 9.50 Å². The van der Waals surface area contributed by atoms with E-state index in [4.69, 9.17) is 17.3 Å². The number of hydrogen-bond acceptors (Lipinski definition) is 5. The number of anilines is 1. The number of phenols is 1. The molecule has 0 radical (unpaired) electrons. The van der Waals surface area contributed by atoms with Crippen molar-refractivity contribution in [2.75, 3.05) is 5.73 Å². The number of fused-ring (bicyclic) bond motifs is 1. The third-order valence-corrected chi connectivity index (χ3v) is 3.31. The number of nitrogens with zero attached hydrogens (tertiary/aromatic N) is 4. The summed E-state index contributed by atoms with van der Waals surface area (Å²) in [4.78, 5) is 7.98. The van der Waals surface area contributed by atoms with Gasteiger partial charge in [-0.1, -0.05) is 11.6 Å². The van der Waals surface area contributed by atoms with E-state index < -0.39 is 5.82 Å².